The minimum atomic E-state index is -0.502. The van der Waals surface area contributed by atoms with E-state index in [2.05, 4.69) is 20.6 Å². The smallest absolute Gasteiger partial charge is 0.323 e. The molecule has 1 aliphatic rings. The SMILES string of the molecule is COc1cc2ncnc(Nc3ccc(F)c(Cl)c3)c2cc1OC1CCNC(C(=O)OC(C)C)C1. The Morgan fingerprint density at radius 1 is 1.24 bits per heavy atom. The Kier molecular flexibility index (Phi) is 7.33. The Bertz CT molecular complexity index is 1190. The van der Waals surface area contributed by atoms with Gasteiger partial charge in [0.1, 0.15) is 30.1 Å². The van der Waals surface area contributed by atoms with Gasteiger partial charge in [0.05, 0.1) is 23.8 Å². The summed E-state index contributed by atoms with van der Waals surface area (Å²) in [6.07, 6.45) is 2.22. The molecule has 8 nitrogen and oxygen atoms in total. The third-order valence-corrected chi connectivity index (χ3v) is 5.68. The molecule has 180 valence electrons. The average molecular weight is 489 g/mol. The summed E-state index contributed by atoms with van der Waals surface area (Å²) in [5.41, 5.74) is 1.22. The molecule has 2 heterocycles. The quantitative estimate of drug-likeness (QED) is 0.465. The Balaban J connectivity index is 1.60. The summed E-state index contributed by atoms with van der Waals surface area (Å²) >= 11 is 5.91. The number of benzene rings is 2. The Labute approximate surface area is 201 Å². The van der Waals surface area contributed by atoms with Gasteiger partial charge in [-0.15, -0.1) is 0 Å². The van der Waals surface area contributed by atoms with Crippen molar-refractivity contribution in [1.82, 2.24) is 15.3 Å². The highest BCUT2D eigenvalue weighted by Gasteiger charge is 2.30. The highest BCUT2D eigenvalue weighted by Crippen LogP contribution is 2.36. The molecule has 2 aromatic carbocycles. The fraction of sp³-hybridized carbons (Fsp3) is 0.375. The summed E-state index contributed by atoms with van der Waals surface area (Å²) in [5, 5.41) is 7.03. The molecule has 1 fully saturated rings. The van der Waals surface area contributed by atoms with Crippen LogP contribution in [0.5, 0.6) is 11.5 Å². The van der Waals surface area contributed by atoms with Crippen LogP contribution in [0.2, 0.25) is 5.02 Å². The maximum atomic E-state index is 13.5. The molecule has 3 aromatic rings. The van der Waals surface area contributed by atoms with Gasteiger partial charge in [-0.25, -0.2) is 14.4 Å². The molecule has 0 amide bonds. The lowest BCUT2D eigenvalue weighted by Gasteiger charge is -2.30. The number of piperidine rings is 1. The third-order valence-electron chi connectivity index (χ3n) is 5.39. The van der Waals surface area contributed by atoms with Gasteiger partial charge in [-0.2, -0.15) is 0 Å². The van der Waals surface area contributed by atoms with Crippen LogP contribution in [0.1, 0.15) is 26.7 Å². The number of halogens is 2. The van der Waals surface area contributed by atoms with Gasteiger partial charge < -0.3 is 24.8 Å². The van der Waals surface area contributed by atoms with Crippen molar-refractivity contribution in [1.29, 1.82) is 0 Å². The molecule has 2 unspecified atom stereocenters. The van der Waals surface area contributed by atoms with Crippen LogP contribution in [0.15, 0.2) is 36.7 Å². The highest BCUT2D eigenvalue weighted by molar-refractivity contribution is 6.31. The van der Waals surface area contributed by atoms with E-state index in [4.69, 9.17) is 25.8 Å². The summed E-state index contributed by atoms with van der Waals surface area (Å²) in [5.74, 6) is 0.739. The summed E-state index contributed by atoms with van der Waals surface area (Å²) in [7, 11) is 1.56. The van der Waals surface area contributed by atoms with E-state index in [9.17, 15) is 9.18 Å². The molecule has 1 aromatic heterocycles. The summed E-state index contributed by atoms with van der Waals surface area (Å²) in [6, 6.07) is 7.46. The molecule has 2 atom stereocenters. The lowest BCUT2D eigenvalue weighted by atomic mass is 10.0. The lowest BCUT2D eigenvalue weighted by Crippen LogP contribution is -2.48. The number of esters is 1. The summed E-state index contributed by atoms with van der Waals surface area (Å²) in [6.45, 7) is 4.27. The number of carbonyl (C=O) groups excluding carboxylic acids is 1. The van der Waals surface area contributed by atoms with Gasteiger partial charge in [-0.1, -0.05) is 11.6 Å². The predicted molar refractivity (Wildman–Crippen MR) is 127 cm³/mol. The fourth-order valence-electron chi connectivity index (χ4n) is 3.79. The van der Waals surface area contributed by atoms with E-state index in [1.165, 1.54) is 18.5 Å². The van der Waals surface area contributed by atoms with Crippen molar-refractivity contribution in [3.8, 4) is 11.5 Å². The molecule has 0 saturated carbocycles. The van der Waals surface area contributed by atoms with E-state index >= 15 is 0 Å². The third kappa shape index (κ3) is 5.48. The van der Waals surface area contributed by atoms with Crippen LogP contribution in [0.25, 0.3) is 10.9 Å². The zero-order valence-electron chi connectivity index (χ0n) is 19.1. The monoisotopic (exact) mass is 488 g/mol. The highest BCUT2D eigenvalue weighted by atomic mass is 35.5. The topological polar surface area (TPSA) is 94.6 Å². The van der Waals surface area contributed by atoms with E-state index in [0.29, 0.717) is 46.9 Å². The number of nitrogens with zero attached hydrogens (tertiary/aromatic N) is 2. The lowest BCUT2D eigenvalue weighted by molar-refractivity contribution is -0.151. The molecule has 0 aliphatic carbocycles. The standard InChI is InChI=1S/C24H26ClFN4O4/c1-13(2)33-24(31)20-9-15(6-7-27-20)34-22-10-16-19(11-21(22)32-3)28-12-29-23(16)30-14-4-5-18(26)17(25)8-14/h4-5,8,10-13,15,20,27H,6-7,9H2,1-3H3,(H,28,29,30). The molecule has 4 rings (SSSR count). The second-order valence-electron chi connectivity index (χ2n) is 8.25. The molecular formula is C24H26ClFN4O4. The van der Waals surface area contributed by atoms with Crippen molar-refractivity contribution < 1.29 is 23.4 Å². The molecule has 34 heavy (non-hydrogen) atoms. The predicted octanol–water partition coefficient (Wildman–Crippen LogP) is 4.63. The first-order chi connectivity index (χ1) is 16.3. The van der Waals surface area contributed by atoms with Gasteiger partial charge in [0.15, 0.2) is 11.5 Å². The van der Waals surface area contributed by atoms with E-state index in [-0.39, 0.29) is 23.2 Å². The number of rotatable bonds is 7. The summed E-state index contributed by atoms with van der Waals surface area (Å²) in [4.78, 5) is 21.0. The number of carbonyl (C=O) groups is 1. The zero-order chi connectivity index (χ0) is 24.2. The Morgan fingerprint density at radius 2 is 2.06 bits per heavy atom. The van der Waals surface area contributed by atoms with E-state index in [0.717, 1.165) is 6.42 Å². The maximum absolute atomic E-state index is 13.5. The van der Waals surface area contributed by atoms with Crippen molar-refractivity contribution in [3.63, 3.8) is 0 Å². The molecule has 1 aliphatic heterocycles. The van der Waals surface area contributed by atoms with E-state index < -0.39 is 11.9 Å². The van der Waals surface area contributed by atoms with E-state index in [1.807, 2.05) is 13.8 Å². The van der Waals surface area contributed by atoms with Crippen LogP contribution in [0, 0.1) is 5.82 Å². The molecule has 0 bridgehead atoms. The zero-order valence-corrected chi connectivity index (χ0v) is 19.9. The van der Waals surface area contributed by atoms with Gasteiger partial charge in [-0.05, 0) is 51.1 Å². The van der Waals surface area contributed by atoms with Crippen molar-refractivity contribution in [2.75, 3.05) is 19.0 Å². The van der Waals surface area contributed by atoms with Crippen LogP contribution >= 0.6 is 11.6 Å². The number of aromatic nitrogens is 2. The Morgan fingerprint density at radius 3 is 2.79 bits per heavy atom. The van der Waals surface area contributed by atoms with Crippen LogP contribution < -0.4 is 20.1 Å². The second-order valence-corrected chi connectivity index (χ2v) is 8.66. The van der Waals surface area contributed by atoms with Crippen LogP contribution in [0.4, 0.5) is 15.9 Å². The van der Waals surface area contributed by atoms with Gasteiger partial charge in [-0.3, -0.25) is 4.79 Å². The molecule has 2 N–H and O–H groups in total. The van der Waals surface area contributed by atoms with Crippen molar-refractivity contribution in [2.24, 2.45) is 0 Å². The van der Waals surface area contributed by atoms with Gasteiger partial charge >= 0.3 is 5.97 Å². The van der Waals surface area contributed by atoms with Gasteiger partial charge in [0, 0.05) is 23.6 Å². The molecular weight excluding hydrogens is 463 g/mol. The van der Waals surface area contributed by atoms with Crippen LogP contribution in [-0.4, -0.2) is 47.8 Å². The molecule has 0 radical (unpaired) electrons. The molecule has 10 heteroatoms. The van der Waals surface area contributed by atoms with Crippen LogP contribution in [-0.2, 0) is 9.53 Å². The van der Waals surface area contributed by atoms with Crippen molar-refractivity contribution in [2.45, 2.75) is 44.9 Å². The second kappa shape index (κ2) is 10.4. The number of fused-ring (bicyclic) bond motifs is 1. The Hall–Kier alpha value is -3.17. The maximum Gasteiger partial charge on any atom is 0.323 e. The molecule has 1 saturated heterocycles. The number of hydrogen-bond donors (Lipinski definition) is 2. The minimum absolute atomic E-state index is 0.00510. The number of hydrogen-bond acceptors (Lipinski definition) is 8. The largest absolute Gasteiger partial charge is 0.493 e. The molecule has 0 spiro atoms. The first-order valence-electron chi connectivity index (χ1n) is 11.0. The number of ether oxygens (including phenoxy) is 3. The van der Waals surface area contributed by atoms with E-state index in [1.54, 1.807) is 25.3 Å². The average Bonchev–Trinajstić information content (AvgIpc) is 2.81. The van der Waals surface area contributed by atoms with Gasteiger partial charge in [0.25, 0.3) is 0 Å². The number of methoxy groups -OCH3 is 1. The van der Waals surface area contributed by atoms with Crippen molar-refractivity contribution >= 4 is 40.0 Å². The minimum Gasteiger partial charge on any atom is -0.493 e. The first-order valence-corrected chi connectivity index (χ1v) is 11.4. The fourth-order valence-corrected chi connectivity index (χ4v) is 3.97. The summed E-state index contributed by atoms with van der Waals surface area (Å²) < 4.78 is 30.7. The number of anilines is 2. The number of nitrogens with one attached hydrogen (secondary N) is 2. The van der Waals surface area contributed by atoms with Crippen molar-refractivity contribution in [3.05, 3.63) is 47.5 Å². The van der Waals surface area contributed by atoms with Gasteiger partial charge in [0.2, 0.25) is 0 Å². The van der Waals surface area contributed by atoms with Crippen LogP contribution in [0.3, 0.4) is 0 Å². The first kappa shape index (κ1) is 24.0. The normalized spacial score (nSPS) is 18.1.